The second-order valence-corrected chi connectivity index (χ2v) is 7.04. The van der Waals surface area contributed by atoms with E-state index in [2.05, 4.69) is 10.2 Å². The molecule has 1 aliphatic rings. The van der Waals surface area contributed by atoms with Crippen LogP contribution in [0.5, 0.6) is 5.75 Å². The molecule has 0 radical (unpaired) electrons. The third-order valence-corrected chi connectivity index (χ3v) is 5.10. The van der Waals surface area contributed by atoms with E-state index in [0.29, 0.717) is 17.9 Å². The Morgan fingerprint density at radius 2 is 1.96 bits per heavy atom. The molecular weight excluding hydrogens is 356 g/mol. The fourth-order valence-corrected chi connectivity index (χ4v) is 3.57. The Balaban J connectivity index is 1.38. The maximum Gasteiger partial charge on any atom is 0.260 e. The number of ketones is 1. The molecule has 4 rings (SSSR count). The summed E-state index contributed by atoms with van der Waals surface area (Å²) < 4.78 is 7.61. The Hall–Kier alpha value is -3.22. The minimum absolute atomic E-state index is 0.00277. The largest absolute Gasteiger partial charge is 0.484 e. The van der Waals surface area contributed by atoms with Crippen molar-refractivity contribution in [2.45, 2.75) is 25.7 Å². The van der Waals surface area contributed by atoms with Gasteiger partial charge in [-0.3, -0.25) is 14.0 Å². The molecule has 0 bridgehead atoms. The van der Waals surface area contributed by atoms with Crippen LogP contribution in [-0.4, -0.2) is 50.9 Å². The topological polar surface area (TPSA) is 76.8 Å². The third kappa shape index (κ3) is 3.74. The van der Waals surface area contributed by atoms with Gasteiger partial charge in [-0.05, 0) is 56.2 Å². The summed E-state index contributed by atoms with van der Waals surface area (Å²) in [4.78, 5) is 25.8. The van der Waals surface area contributed by atoms with Gasteiger partial charge >= 0.3 is 0 Å². The first-order valence-corrected chi connectivity index (χ1v) is 9.43. The minimum Gasteiger partial charge on any atom is -0.484 e. The monoisotopic (exact) mass is 378 g/mol. The Kier molecular flexibility index (Phi) is 5.06. The molecule has 0 N–H and O–H groups in total. The van der Waals surface area contributed by atoms with Crippen molar-refractivity contribution in [1.82, 2.24) is 19.5 Å². The van der Waals surface area contributed by atoms with Crippen LogP contribution in [-0.2, 0) is 4.79 Å². The van der Waals surface area contributed by atoms with E-state index in [4.69, 9.17) is 4.74 Å². The highest BCUT2D eigenvalue weighted by Crippen LogP contribution is 2.26. The molecule has 0 aliphatic carbocycles. The average molecular weight is 378 g/mol. The quantitative estimate of drug-likeness (QED) is 0.638. The lowest BCUT2D eigenvalue weighted by molar-refractivity contribution is -0.134. The summed E-state index contributed by atoms with van der Waals surface area (Å²) in [5.41, 5.74) is 1.44. The predicted octanol–water partition coefficient (Wildman–Crippen LogP) is 2.72. The van der Waals surface area contributed by atoms with Gasteiger partial charge in [-0.15, -0.1) is 10.2 Å². The Bertz CT molecular complexity index is 996. The number of nitrogens with zero attached hydrogens (tertiary/aromatic N) is 4. The molecule has 1 atom stereocenters. The van der Waals surface area contributed by atoms with Gasteiger partial charge in [0.25, 0.3) is 5.91 Å². The van der Waals surface area contributed by atoms with Gasteiger partial charge in [0.15, 0.2) is 18.0 Å². The first-order chi connectivity index (χ1) is 13.6. The number of amides is 1. The van der Waals surface area contributed by atoms with E-state index >= 15 is 0 Å². The number of pyridine rings is 1. The van der Waals surface area contributed by atoms with Crippen LogP contribution in [0.1, 0.15) is 41.9 Å². The molecule has 7 nitrogen and oxygen atoms in total. The SMILES string of the molecule is CC(=O)c1ccc(OCC(=O)N2CCCC(c3nnc4ccccn34)C2)cc1. The fraction of sp³-hybridized carbons (Fsp3) is 0.333. The highest BCUT2D eigenvalue weighted by atomic mass is 16.5. The third-order valence-electron chi connectivity index (χ3n) is 5.10. The Labute approximate surface area is 162 Å². The smallest absolute Gasteiger partial charge is 0.260 e. The van der Waals surface area contributed by atoms with Crippen LogP contribution in [0.25, 0.3) is 5.65 Å². The fourth-order valence-electron chi connectivity index (χ4n) is 3.57. The summed E-state index contributed by atoms with van der Waals surface area (Å²) in [5, 5.41) is 8.56. The molecule has 7 heteroatoms. The standard InChI is InChI=1S/C21H22N4O3/c1-15(26)16-7-9-18(10-8-16)28-14-20(27)24-11-4-5-17(13-24)21-23-22-19-6-2-3-12-25(19)21/h2-3,6-10,12,17H,4-5,11,13-14H2,1H3. The lowest BCUT2D eigenvalue weighted by atomic mass is 9.97. The van der Waals surface area contributed by atoms with Crippen molar-refractivity contribution in [2.24, 2.45) is 0 Å². The normalized spacial score (nSPS) is 16.9. The maximum absolute atomic E-state index is 12.6. The van der Waals surface area contributed by atoms with Crippen LogP contribution < -0.4 is 4.74 Å². The number of hydrogen-bond donors (Lipinski definition) is 0. The highest BCUT2D eigenvalue weighted by Gasteiger charge is 2.28. The molecule has 1 amide bonds. The van der Waals surface area contributed by atoms with Gasteiger partial charge in [-0.2, -0.15) is 0 Å². The number of fused-ring (bicyclic) bond motifs is 1. The van der Waals surface area contributed by atoms with E-state index in [-0.39, 0.29) is 24.2 Å². The summed E-state index contributed by atoms with van der Waals surface area (Å²) in [6.07, 6.45) is 3.86. The number of benzene rings is 1. The number of aromatic nitrogens is 3. The molecule has 28 heavy (non-hydrogen) atoms. The molecule has 0 saturated carbocycles. The lowest BCUT2D eigenvalue weighted by Crippen LogP contribution is -2.42. The molecule has 1 saturated heterocycles. The van der Waals surface area contributed by atoms with E-state index in [1.165, 1.54) is 6.92 Å². The molecule has 144 valence electrons. The number of piperidine rings is 1. The number of Topliss-reactive ketones (excluding diaryl/α,β-unsaturated/α-hetero) is 1. The average Bonchev–Trinajstić information content (AvgIpc) is 3.16. The minimum atomic E-state index is -0.0471. The van der Waals surface area contributed by atoms with Crippen molar-refractivity contribution in [2.75, 3.05) is 19.7 Å². The zero-order valence-corrected chi connectivity index (χ0v) is 15.7. The summed E-state index contributed by atoms with van der Waals surface area (Å²) in [6, 6.07) is 12.6. The number of carbonyl (C=O) groups excluding carboxylic acids is 2. The Morgan fingerprint density at radius 1 is 1.14 bits per heavy atom. The summed E-state index contributed by atoms with van der Waals surface area (Å²) >= 11 is 0. The number of carbonyl (C=O) groups is 2. The van der Waals surface area contributed by atoms with Crippen LogP contribution in [0, 0.1) is 0 Å². The molecule has 1 aliphatic heterocycles. The first-order valence-electron chi connectivity index (χ1n) is 9.43. The van der Waals surface area contributed by atoms with Gasteiger partial charge < -0.3 is 9.64 Å². The summed E-state index contributed by atoms with van der Waals surface area (Å²) in [7, 11) is 0. The second kappa shape index (κ2) is 7.80. The molecule has 1 fully saturated rings. The molecule has 2 aromatic heterocycles. The van der Waals surface area contributed by atoms with Crippen molar-refractivity contribution in [1.29, 1.82) is 0 Å². The van der Waals surface area contributed by atoms with Crippen LogP contribution in [0.15, 0.2) is 48.7 Å². The Morgan fingerprint density at radius 3 is 2.75 bits per heavy atom. The van der Waals surface area contributed by atoms with Crippen LogP contribution in [0.4, 0.5) is 0 Å². The number of likely N-dealkylation sites (tertiary alicyclic amines) is 1. The van der Waals surface area contributed by atoms with Gasteiger partial charge in [-0.1, -0.05) is 6.07 Å². The molecular formula is C21H22N4O3. The van der Waals surface area contributed by atoms with Crippen molar-refractivity contribution < 1.29 is 14.3 Å². The van der Waals surface area contributed by atoms with E-state index in [1.807, 2.05) is 33.7 Å². The first kappa shape index (κ1) is 18.2. The highest BCUT2D eigenvalue weighted by molar-refractivity contribution is 5.94. The van der Waals surface area contributed by atoms with Crippen LogP contribution in [0.3, 0.4) is 0 Å². The molecule has 0 spiro atoms. The van der Waals surface area contributed by atoms with Crippen molar-refractivity contribution in [3.05, 3.63) is 60.0 Å². The van der Waals surface area contributed by atoms with Crippen molar-refractivity contribution in [3.63, 3.8) is 0 Å². The van der Waals surface area contributed by atoms with E-state index in [9.17, 15) is 9.59 Å². The second-order valence-electron chi connectivity index (χ2n) is 7.04. The van der Waals surface area contributed by atoms with E-state index < -0.39 is 0 Å². The van der Waals surface area contributed by atoms with Gasteiger partial charge in [0.05, 0.1) is 0 Å². The zero-order chi connectivity index (χ0) is 19.5. The van der Waals surface area contributed by atoms with Crippen LogP contribution in [0.2, 0.25) is 0 Å². The van der Waals surface area contributed by atoms with Gasteiger partial charge in [0, 0.05) is 30.8 Å². The predicted molar refractivity (Wildman–Crippen MR) is 103 cm³/mol. The molecule has 3 heterocycles. The molecule has 1 aromatic carbocycles. The van der Waals surface area contributed by atoms with Crippen molar-refractivity contribution in [3.8, 4) is 5.75 Å². The summed E-state index contributed by atoms with van der Waals surface area (Å²) in [6.45, 7) is 2.83. The number of ether oxygens (including phenoxy) is 1. The lowest BCUT2D eigenvalue weighted by Gasteiger charge is -2.31. The number of hydrogen-bond acceptors (Lipinski definition) is 5. The van der Waals surface area contributed by atoms with E-state index in [1.54, 1.807) is 24.3 Å². The van der Waals surface area contributed by atoms with Crippen molar-refractivity contribution >= 4 is 17.3 Å². The van der Waals surface area contributed by atoms with Gasteiger partial charge in [0.1, 0.15) is 11.6 Å². The molecule has 1 unspecified atom stereocenters. The van der Waals surface area contributed by atoms with Gasteiger partial charge in [0.2, 0.25) is 0 Å². The van der Waals surface area contributed by atoms with Crippen LogP contribution >= 0.6 is 0 Å². The summed E-state index contributed by atoms with van der Waals surface area (Å²) in [5.74, 6) is 1.59. The maximum atomic E-state index is 12.6. The van der Waals surface area contributed by atoms with Gasteiger partial charge in [-0.25, -0.2) is 0 Å². The van der Waals surface area contributed by atoms with E-state index in [0.717, 1.165) is 30.9 Å². The number of rotatable bonds is 5. The zero-order valence-electron chi connectivity index (χ0n) is 15.7. The molecule has 3 aromatic rings.